The van der Waals surface area contributed by atoms with E-state index in [-0.39, 0.29) is 37.6 Å². The number of aromatic nitrogens is 4. The maximum Gasteiger partial charge on any atom is 0.360 e. The minimum absolute atomic E-state index is 0.109. The first-order chi connectivity index (χ1) is 16.0. The number of methoxy groups -OCH3 is 3. The molecule has 0 saturated heterocycles. The third-order valence-corrected chi connectivity index (χ3v) is 4.75. The normalized spacial score (nSPS) is 10.8. The molecule has 0 fully saturated rings. The van der Waals surface area contributed by atoms with Crippen LogP contribution in [0.4, 0.5) is 0 Å². The highest BCUT2D eigenvalue weighted by Gasteiger charge is 2.26. The van der Waals surface area contributed by atoms with E-state index in [0.717, 1.165) is 5.56 Å². The van der Waals surface area contributed by atoms with E-state index < -0.39 is 11.9 Å². The summed E-state index contributed by atoms with van der Waals surface area (Å²) in [5.41, 5.74) is 2.30. The molecule has 3 aromatic rings. The van der Waals surface area contributed by atoms with Crippen molar-refractivity contribution >= 4 is 17.6 Å². The van der Waals surface area contributed by atoms with Crippen molar-refractivity contribution in [2.45, 2.75) is 26.9 Å². The molecule has 0 atom stereocenters. The largest absolute Gasteiger partial charge is 0.493 e. The highest BCUT2D eigenvalue weighted by molar-refractivity contribution is 5.91. The lowest BCUT2D eigenvalue weighted by Crippen LogP contribution is -2.20. The van der Waals surface area contributed by atoms with Crippen LogP contribution in [0.25, 0.3) is 16.8 Å². The topological polar surface area (TPSA) is 123 Å². The van der Waals surface area contributed by atoms with E-state index >= 15 is 0 Å². The summed E-state index contributed by atoms with van der Waals surface area (Å²) >= 11 is 0. The number of fused-ring (bicyclic) bond motifs is 1. The first-order valence-electron chi connectivity index (χ1n) is 10.3. The number of nitrogens with zero attached hydrogens (tertiary/aromatic N) is 4. The van der Waals surface area contributed by atoms with E-state index in [4.69, 9.17) is 23.7 Å². The van der Waals surface area contributed by atoms with Gasteiger partial charge in [-0.05, 0) is 31.5 Å². The van der Waals surface area contributed by atoms with Gasteiger partial charge in [0.1, 0.15) is 0 Å². The summed E-state index contributed by atoms with van der Waals surface area (Å²) in [5.74, 6) is -0.165. The summed E-state index contributed by atoms with van der Waals surface area (Å²) in [5, 5.41) is 12.9. The van der Waals surface area contributed by atoms with Crippen molar-refractivity contribution in [3.63, 3.8) is 0 Å². The molecule has 0 aliphatic heterocycles. The zero-order chi connectivity index (χ0) is 24.0. The molecule has 0 saturated carbocycles. The monoisotopic (exact) mass is 458 g/mol. The Hall–Kier alpha value is -3.73. The van der Waals surface area contributed by atoms with E-state index in [2.05, 4.69) is 15.3 Å². The van der Waals surface area contributed by atoms with E-state index in [9.17, 15) is 9.59 Å². The van der Waals surface area contributed by atoms with Crippen molar-refractivity contribution in [1.82, 2.24) is 19.8 Å². The molecule has 11 nitrogen and oxygen atoms in total. The van der Waals surface area contributed by atoms with Crippen LogP contribution in [0.1, 0.15) is 35.7 Å². The van der Waals surface area contributed by atoms with E-state index in [0.29, 0.717) is 28.4 Å². The second-order valence-electron chi connectivity index (χ2n) is 6.76. The Morgan fingerprint density at radius 3 is 2.33 bits per heavy atom. The zero-order valence-electron chi connectivity index (χ0n) is 19.2. The molecule has 0 bridgehead atoms. The molecule has 1 aromatic carbocycles. The summed E-state index contributed by atoms with van der Waals surface area (Å²) in [7, 11) is 4.63. The van der Waals surface area contributed by atoms with Gasteiger partial charge < -0.3 is 23.7 Å². The number of esters is 2. The molecular formula is C22H26N4O7. The molecule has 3 rings (SSSR count). The van der Waals surface area contributed by atoms with Crippen LogP contribution < -0.4 is 9.47 Å². The van der Waals surface area contributed by atoms with E-state index in [1.807, 2.05) is 6.07 Å². The first-order valence-corrected chi connectivity index (χ1v) is 10.3. The predicted octanol–water partition coefficient (Wildman–Crippen LogP) is 2.24. The van der Waals surface area contributed by atoms with Crippen molar-refractivity contribution in [3.05, 3.63) is 35.3 Å². The van der Waals surface area contributed by atoms with Gasteiger partial charge in [-0.1, -0.05) is 6.07 Å². The minimum Gasteiger partial charge on any atom is -0.493 e. The van der Waals surface area contributed by atoms with Crippen molar-refractivity contribution in [3.8, 4) is 22.6 Å². The molecule has 0 amide bonds. The molecule has 33 heavy (non-hydrogen) atoms. The maximum absolute atomic E-state index is 12.5. The molecule has 0 aliphatic carbocycles. The number of rotatable bonds is 10. The van der Waals surface area contributed by atoms with Crippen molar-refractivity contribution < 1.29 is 33.3 Å². The van der Waals surface area contributed by atoms with Crippen LogP contribution in [0.15, 0.2) is 18.2 Å². The maximum atomic E-state index is 12.5. The number of benzene rings is 1. The Balaban J connectivity index is 2.28. The van der Waals surface area contributed by atoms with Crippen LogP contribution in [0.5, 0.6) is 11.5 Å². The van der Waals surface area contributed by atoms with Gasteiger partial charge in [0.15, 0.2) is 22.8 Å². The Morgan fingerprint density at radius 2 is 1.70 bits per heavy atom. The standard InChI is InChI=1S/C22H26N4O7/c1-6-32-18(27)11-15-20(22(28)33-7-2)23-24-21-19(14(12-29-3)25-26(15)21)13-8-9-16(30-4)17(10-13)31-5/h8-10H,6-7,11-12H2,1-5H3. The van der Waals surface area contributed by atoms with Crippen molar-refractivity contribution in [2.24, 2.45) is 0 Å². The molecule has 0 spiro atoms. The fraction of sp³-hybridized carbons (Fsp3) is 0.409. The van der Waals surface area contributed by atoms with E-state index in [1.165, 1.54) is 18.7 Å². The fourth-order valence-electron chi connectivity index (χ4n) is 3.38. The summed E-state index contributed by atoms with van der Waals surface area (Å²) in [6, 6.07) is 5.36. The molecule has 0 N–H and O–H groups in total. The summed E-state index contributed by atoms with van der Waals surface area (Å²) in [6.45, 7) is 3.86. The van der Waals surface area contributed by atoms with Gasteiger partial charge >= 0.3 is 11.9 Å². The zero-order valence-corrected chi connectivity index (χ0v) is 19.2. The average molecular weight is 458 g/mol. The van der Waals surface area contributed by atoms with Crippen LogP contribution in [0, 0.1) is 0 Å². The highest BCUT2D eigenvalue weighted by atomic mass is 16.5. The fourth-order valence-corrected chi connectivity index (χ4v) is 3.38. The third-order valence-electron chi connectivity index (χ3n) is 4.75. The SMILES string of the molecule is CCOC(=O)Cc1c(C(=O)OCC)nnc2c(-c3ccc(OC)c(OC)c3)c(COC)nn12. The molecule has 2 aromatic heterocycles. The second-order valence-corrected chi connectivity index (χ2v) is 6.76. The summed E-state index contributed by atoms with van der Waals surface area (Å²) in [4.78, 5) is 24.8. The smallest absolute Gasteiger partial charge is 0.360 e. The van der Waals surface area contributed by atoms with Gasteiger partial charge in [-0.15, -0.1) is 10.2 Å². The molecule has 2 heterocycles. The van der Waals surface area contributed by atoms with Crippen LogP contribution in [0.2, 0.25) is 0 Å². The number of hydrogen-bond acceptors (Lipinski definition) is 10. The van der Waals surface area contributed by atoms with Gasteiger partial charge in [0.25, 0.3) is 0 Å². The lowest BCUT2D eigenvalue weighted by molar-refractivity contribution is -0.142. The van der Waals surface area contributed by atoms with Crippen molar-refractivity contribution in [1.29, 1.82) is 0 Å². The van der Waals surface area contributed by atoms with Crippen LogP contribution >= 0.6 is 0 Å². The van der Waals surface area contributed by atoms with Gasteiger partial charge in [0, 0.05) is 7.11 Å². The summed E-state index contributed by atoms with van der Waals surface area (Å²) in [6.07, 6.45) is -0.243. The molecule has 0 aliphatic rings. The lowest BCUT2D eigenvalue weighted by atomic mass is 10.1. The molecule has 11 heteroatoms. The quantitative estimate of drug-likeness (QED) is 0.418. The highest BCUT2D eigenvalue weighted by Crippen LogP contribution is 2.36. The molecular weight excluding hydrogens is 432 g/mol. The first kappa shape index (κ1) is 23.9. The predicted molar refractivity (Wildman–Crippen MR) is 116 cm³/mol. The number of carbonyl (C=O) groups is 2. The Morgan fingerprint density at radius 1 is 0.970 bits per heavy atom. The van der Waals surface area contributed by atoms with E-state index in [1.54, 1.807) is 33.1 Å². The van der Waals surface area contributed by atoms with Gasteiger partial charge in [0.2, 0.25) is 0 Å². The molecule has 176 valence electrons. The molecule has 0 unspecified atom stereocenters. The number of ether oxygens (including phenoxy) is 5. The minimum atomic E-state index is -0.706. The second kappa shape index (κ2) is 10.7. The van der Waals surface area contributed by atoms with Gasteiger partial charge in [-0.25, -0.2) is 9.31 Å². The number of hydrogen-bond donors (Lipinski definition) is 0. The third kappa shape index (κ3) is 4.87. The van der Waals surface area contributed by atoms with Crippen LogP contribution in [-0.4, -0.2) is 66.3 Å². The average Bonchev–Trinajstić information content (AvgIpc) is 3.17. The Bertz CT molecular complexity index is 1160. The van der Waals surface area contributed by atoms with Crippen LogP contribution in [0.3, 0.4) is 0 Å². The lowest BCUT2D eigenvalue weighted by Gasteiger charge is -2.11. The summed E-state index contributed by atoms with van der Waals surface area (Å²) < 4.78 is 27.7. The molecule has 0 radical (unpaired) electrons. The Labute approximate surface area is 190 Å². The Kier molecular flexibility index (Phi) is 7.78. The van der Waals surface area contributed by atoms with Crippen LogP contribution in [-0.2, 0) is 32.0 Å². The van der Waals surface area contributed by atoms with Crippen molar-refractivity contribution in [2.75, 3.05) is 34.5 Å². The van der Waals surface area contributed by atoms with Gasteiger partial charge in [-0.2, -0.15) is 5.10 Å². The van der Waals surface area contributed by atoms with Gasteiger partial charge in [0.05, 0.1) is 57.4 Å². The van der Waals surface area contributed by atoms with Gasteiger partial charge in [-0.3, -0.25) is 4.79 Å². The number of carbonyl (C=O) groups excluding carboxylic acids is 2.